The molecule has 0 aliphatic heterocycles. The number of hydrogen-bond acceptors (Lipinski definition) is 5. The van der Waals surface area contributed by atoms with Gasteiger partial charge in [0.15, 0.2) is 0 Å². The summed E-state index contributed by atoms with van der Waals surface area (Å²) >= 11 is 5.89. The minimum atomic E-state index is 0.395. The van der Waals surface area contributed by atoms with Crippen LogP contribution in [-0.2, 0) is 0 Å². The van der Waals surface area contributed by atoms with E-state index in [1.54, 1.807) is 30.6 Å². The van der Waals surface area contributed by atoms with Gasteiger partial charge in [0, 0.05) is 23.5 Å². The lowest BCUT2D eigenvalue weighted by Crippen LogP contribution is -1.88. The largest absolute Gasteiger partial charge is 0.398 e. The van der Waals surface area contributed by atoms with Gasteiger partial charge in [-0.05, 0) is 36.8 Å². The third kappa shape index (κ3) is 2.23. The second kappa shape index (κ2) is 4.94. The highest BCUT2D eigenvalue weighted by Gasteiger charge is 2.13. The molecule has 0 saturated heterocycles. The lowest BCUT2D eigenvalue weighted by Gasteiger charge is -1.99. The van der Waals surface area contributed by atoms with Crippen LogP contribution in [0.5, 0.6) is 0 Å². The van der Waals surface area contributed by atoms with Crippen molar-refractivity contribution in [1.29, 1.82) is 0 Å². The van der Waals surface area contributed by atoms with Crippen molar-refractivity contribution in [1.82, 2.24) is 15.1 Å². The molecule has 0 spiro atoms. The normalized spacial score (nSPS) is 10.7. The topological polar surface area (TPSA) is 77.8 Å². The van der Waals surface area contributed by atoms with E-state index in [4.69, 9.17) is 21.9 Å². The zero-order chi connectivity index (χ0) is 14.1. The Labute approximate surface area is 120 Å². The van der Waals surface area contributed by atoms with Crippen molar-refractivity contribution < 1.29 is 4.52 Å². The van der Waals surface area contributed by atoms with E-state index in [0.29, 0.717) is 22.4 Å². The molecule has 0 aliphatic rings. The van der Waals surface area contributed by atoms with Crippen LogP contribution in [-0.4, -0.2) is 15.1 Å². The minimum Gasteiger partial charge on any atom is -0.398 e. The van der Waals surface area contributed by atoms with Crippen LogP contribution in [0, 0.1) is 6.92 Å². The quantitative estimate of drug-likeness (QED) is 0.731. The van der Waals surface area contributed by atoms with Gasteiger partial charge >= 0.3 is 0 Å². The van der Waals surface area contributed by atoms with Gasteiger partial charge in [-0.3, -0.25) is 4.98 Å². The molecule has 2 aromatic heterocycles. The van der Waals surface area contributed by atoms with Crippen LogP contribution in [0.25, 0.3) is 22.8 Å². The number of benzene rings is 1. The van der Waals surface area contributed by atoms with Crippen LogP contribution in [0.2, 0.25) is 5.02 Å². The van der Waals surface area contributed by atoms with Gasteiger partial charge in [-0.25, -0.2) is 0 Å². The first-order valence-corrected chi connectivity index (χ1v) is 6.33. The number of halogens is 1. The summed E-state index contributed by atoms with van der Waals surface area (Å²) < 4.78 is 5.27. The van der Waals surface area contributed by atoms with Crippen LogP contribution in [0.4, 0.5) is 5.69 Å². The summed E-state index contributed by atoms with van der Waals surface area (Å²) in [6, 6.07) is 7.08. The summed E-state index contributed by atoms with van der Waals surface area (Å²) in [5.41, 5.74) is 8.84. The molecule has 5 nitrogen and oxygen atoms in total. The highest BCUT2D eigenvalue weighted by molar-refractivity contribution is 6.33. The first kappa shape index (κ1) is 12.6. The van der Waals surface area contributed by atoms with Crippen molar-refractivity contribution in [2.45, 2.75) is 6.92 Å². The van der Waals surface area contributed by atoms with Crippen LogP contribution in [0.15, 0.2) is 41.2 Å². The standard InChI is InChI=1S/C14H11ClN4O/c1-8-4-5-17-7-10(8)13-18-14(20-19-13)9-2-3-11(15)12(16)6-9/h2-7H,16H2,1H3. The van der Waals surface area contributed by atoms with Crippen LogP contribution in [0.3, 0.4) is 0 Å². The number of hydrogen-bond donors (Lipinski definition) is 1. The Kier molecular flexibility index (Phi) is 3.12. The van der Waals surface area contributed by atoms with Crippen LogP contribution in [0.1, 0.15) is 5.56 Å². The fourth-order valence-electron chi connectivity index (χ4n) is 1.83. The number of pyridine rings is 1. The Morgan fingerprint density at radius 2 is 2.10 bits per heavy atom. The zero-order valence-corrected chi connectivity index (χ0v) is 11.4. The lowest BCUT2D eigenvalue weighted by molar-refractivity contribution is 0.432. The molecule has 0 unspecified atom stereocenters. The molecule has 0 aliphatic carbocycles. The highest BCUT2D eigenvalue weighted by atomic mass is 35.5. The molecule has 100 valence electrons. The summed E-state index contributed by atoms with van der Waals surface area (Å²) in [5, 5.41) is 4.47. The third-order valence-electron chi connectivity index (χ3n) is 2.95. The predicted molar refractivity (Wildman–Crippen MR) is 77.1 cm³/mol. The van der Waals surface area contributed by atoms with Gasteiger partial charge in [-0.15, -0.1) is 0 Å². The zero-order valence-electron chi connectivity index (χ0n) is 10.7. The number of nitrogens with two attached hydrogens (primary N) is 1. The Morgan fingerprint density at radius 3 is 2.85 bits per heavy atom. The van der Waals surface area contributed by atoms with Crippen molar-refractivity contribution in [3.8, 4) is 22.8 Å². The molecule has 0 saturated carbocycles. The van der Waals surface area contributed by atoms with Crippen molar-refractivity contribution in [3.63, 3.8) is 0 Å². The number of aromatic nitrogens is 3. The van der Waals surface area contributed by atoms with Crippen molar-refractivity contribution in [3.05, 3.63) is 47.2 Å². The van der Waals surface area contributed by atoms with E-state index >= 15 is 0 Å². The van der Waals surface area contributed by atoms with Gasteiger partial charge in [0.05, 0.1) is 10.7 Å². The lowest BCUT2D eigenvalue weighted by atomic mass is 10.1. The fraction of sp³-hybridized carbons (Fsp3) is 0.0714. The summed E-state index contributed by atoms with van der Waals surface area (Å²) in [4.78, 5) is 8.44. The summed E-state index contributed by atoms with van der Waals surface area (Å²) in [5.74, 6) is 0.894. The molecular weight excluding hydrogens is 276 g/mol. The molecule has 6 heteroatoms. The monoisotopic (exact) mass is 286 g/mol. The van der Waals surface area contributed by atoms with E-state index in [1.807, 2.05) is 13.0 Å². The molecule has 0 atom stereocenters. The first-order valence-electron chi connectivity index (χ1n) is 5.95. The average Bonchev–Trinajstić information content (AvgIpc) is 2.92. The third-order valence-corrected chi connectivity index (χ3v) is 3.29. The van der Waals surface area contributed by atoms with Gasteiger partial charge in [0.1, 0.15) is 0 Å². The Hall–Kier alpha value is -2.40. The van der Waals surface area contributed by atoms with Gasteiger partial charge < -0.3 is 10.3 Å². The predicted octanol–water partition coefficient (Wildman–Crippen LogP) is 3.34. The van der Waals surface area contributed by atoms with Crippen molar-refractivity contribution >= 4 is 17.3 Å². The van der Waals surface area contributed by atoms with Gasteiger partial charge in [0.25, 0.3) is 5.89 Å². The molecule has 20 heavy (non-hydrogen) atoms. The molecule has 2 heterocycles. The Morgan fingerprint density at radius 1 is 1.25 bits per heavy atom. The number of rotatable bonds is 2. The summed E-state index contributed by atoms with van der Waals surface area (Å²) in [6.07, 6.45) is 3.43. The number of anilines is 1. The van der Waals surface area contributed by atoms with E-state index in [0.717, 1.165) is 16.7 Å². The van der Waals surface area contributed by atoms with Crippen LogP contribution >= 0.6 is 11.6 Å². The van der Waals surface area contributed by atoms with E-state index in [9.17, 15) is 0 Å². The molecule has 3 aromatic rings. The number of aryl methyl sites for hydroxylation is 1. The van der Waals surface area contributed by atoms with Crippen molar-refractivity contribution in [2.24, 2.45) is 0 Å². The fourth-order valence-corrected chi connectivity index (χ4v) is 1.94. The Balaban J connectivity index is 2.02. The second-order valence-electron chi connectivity index (χ2n) is 4.35. The van der Waals surface area contributed by atoms with E-state index in [-0.39, 0.29) is 0 Å². The Bertz CT molecular complexity index is 769. The van der Waals surface area contributed by atoms with E-state index in [1.165, 1.54) is 0 Å². The van der Waals surface area contributed by atoms with Crippen molar-refractivity contribution in [2.75, 3.05) is 5.73 Å². The molecule has 0 radical (unpaired) electrons. The highest BCUT2D eigenvalue weighted by Crippen LogP contribution is 2.27. The number of nitrogen functional groups attached to an aromatic ring is 1. The molecule has 2 N–H and O–H groups in total. The number of nitrogens with zero attached hydrogens (tertiary/aromatic N) is 3. The maximum Gasteiger partial charge on any atom is 0.258 e. The van der Waals surface area contributed by atoms with Gasteiger partial charge in [-0.1, -0.05) is 16.8 Å². The average molecular weight is 287 g/mol. The van der Waals surface area contributed by atoms with Gasteiger partial charge in [-0.2, -0.15) is 4.98 Å². The molecule has 0 amide bonds. The van der Waals surface area contributed by atoms with Crippen LogP contribution < -0.4 is 5.73 Å². The molecule has 3 rings (SSSR count). The van der Waals surface area contributed by atoms with E-state index < -0.39 is 0 Å². The maximum atomic E-state index is 5.89. The first-order chi connectivity index (χ1) is 9.65. The molecule has 0 fully saturated rings. The molecule has 0 bridgehead atoms. The summed E-state index contributed by atoms with van der Waals surface area (Å²) in [7, 11) is 0. The van der Waals surface area contributed by atoms with Gasteiger partial charge in [0.2, 0.25) is 5.82 Å². The van der Waals surface area contributed by atoms with E-state index in [2.05, 4.69) is 15.1 Å². The minimum absolute atomic E-state index is 0.395. The second-order valence-corrected chi connectivity index (χ2v) is 4.76. The maximum absolute atomic E-state index is 5.89. The smallest absolute Gasteiger partial charge is 0.258 e. The SMILES string of the molecule is Cc1ccncc1-c1noc(-c2ccc(Cl)c(N)c2)n1. The molecular formula is C14H11ClN4O. The summed E-state index contributed by atoms with van der Waals surface area (Å²) in [6.45, 7) is 1.97. The molecule has 1 aromatic carbocycles.